The predicted molar refractivity (Wildman–Crippen MR) is 135 cm³/mol. The van der Waals surface area contributed by atoms with E-state index in [0.29, 0.717) is 11.4 Å². The Balaban J connectivity index is 1.66. The number of carbonyl (C=O) groups excluding carboxylic acids is 2. The summed E-state index contributed by atoms with van der Waals surface area (Å²) in [4.78, 5) is 24.4. The Bertz CT molecular complexity index is 1320. The number of amides is 2. The van der Waals surface area contributed by atoms with E-state index in [1.807, 2.05) is 19.9 Å². The van der Waals surface area contributed by atoms with E-state index < -0.39 is 21.8 Å². The standard InChI is InChI=1S/C24H24BrN3O6S/c1-15-10-16(2)12-20(11-15)34-14-23(29)26-27-24(30)17-4-9-21(33-3)22(13-17)35(31,32)28-19-7-5-18(25)6-8-19/h4-13,28H,14H2,1-3H3,(H,26,29)(H,27,30). The number of sulfonamides is 1. The molecule has 3 rings (SSSR count). The van der Waals surface area contributed by atoms with Gasteiger partial charge in [0.25, 0.3) is 21.8 Å². The molecule has 11 heteroatoms. The van der Waals surface area contributed by atoms with E-state index in [2.05, 4.69) is 31.5 Å². The zero-order valence-electron chi connectivity index (χ0n) is 19.2. The SMILES string of the molecule is COc1ccc(C(=O)NNC(=O)COc2cc(C)cc(C)c2)cc1S(=O)(=O)Nc1ccc(Br)cc1. The van der Waals surface area contributed by atoms with E-state index in [1.165, 1.54) is 19.2 Å². The van der Waals surface area contributed by atoms with Gasteiger partial charge in [0, 0.05) is 15.7 Å². The van der Waals surface area contributed by atoms with Crippen molar-refractivity contribution in [3.8, 4) is 11.5 Å². The lowest BCUT2D eigenvalue weighted by Crippen LogP contribution is -2.43. The van der Waals surface area contributed by atoms with Crippen LogP contribution in [-0.2, 0) is 14.8 Å². The van der Waals surface area contributed by atoms with Crippen LogP contribution in [0.3, 0.4) is 0 Å². The number of ether oxygens (including phenoxy) is 2. The second-order valence-electron chi connectivity index (χ2n) is 7.59. The quantitative estimate of drug-likeness (QED) is 0.360. The first kappa shape index (κ1) is 26.0. The van der Waals surface area contributed by atoms with E-state index >= 15 is 0 Å². The third-order valence-corrected chi connectivity index (χ3v) is 6.62. The zero-order chi connectivity index (χ0) is 25.6. The van der Waals surface area contributed by atoms with Crippen LogP contribution in [0.1, 0.15) is 21.5 Å². The van der Waals surface area contributed by atoms with Crippen molar-refractivity contribution in [1.82, 2.24) is 10.9 Å². The summed E-state index contributed by atoms with van der Waals surface area (Å²) >= 11 is 3.29. The molecule has 3 N–H and O–H groups in total. The van der Waals surface area contributed by atoms with Crippen LogP contribution in [0.4, 0.5) is 5.69 Å². The van der Waals surface area contributed by atoms with Crippen LogP contribution < -0.4 is 25.0 Å². The van der Waals surface area contributed by atoms with Gasteiger partial charge in [0.2, 0.25) is 0 Å². The average molecular weight is 562 g/mol. The fraction of sp³-hybridized carbons (Fsp3) is 0.167. The minimum absolute atomic E-state index is 0.00231. The summed E-state index contributed by atoms with van der Waals surface area (Å²) < 4.78 is 39.8. The molecule has 0 unspecified atom stereocenters. The minimum Gasteiger partial charge on any atom is -0.495 e. The van der Waals surface area contributed by atoms with Gasteiger partial charge in [-0.25, -0.2) is 8.42 Å². The Kier molecular flexibility index (Phi) is 8.36. The highest BCUT2D eigenvalue weighted by Crippen LogP contribution is 2.27. The summed E-state index contributed by atoms with van der Waals surface area (Å²) in [7, 11) is -2.76. The maximum atomic E-state index is 13.0. The normalized spacial score (nSPS) is 10.9. The monoisotopic (exact) mass is 561 g/mol. The summed E-state index contributed by atoms with van der Waals surface area (Å²) in [6, 6.07) is 16.0. The highest BCUT2D eigenvalue weighted by atomic mass is 79.9. The van der Waals surface area contributed by atoms with E-state index in [9.17, 15) is 18.0 Å². The molecule has 0 fully saturated rings. The Morgan fingerprint density at radius 2 is 1.57 bits per heavy atom. The number of halogens is 1. The molecule has 0 heterocycles. The van der Waals surface area contributed by atoms with Crippen LogP contribution in [0.5, 0.6) is 11.5 Å². The van der Waals surface area contributed by atoms with Crippen LogP contribution in [0, 0.1) is 13.8 Å². The number of carbonyl (C=O) groups is 2. The lowest BCUT2D eigenvalue weighted by molar-refractivity contribution is -0.123. The van der Waals surface area contributed by atoms with Gasteiger partial charge in [-0.2, -0.15) is 0 Å². The van der Waals surface area contributed by atoms with Crippen molar-refractivity contribution in [2.45, 2.75) is 18.7 Å². The van der Waals surface area contributed by atoms with Gasteiger partial charge >= 0.3 is 0 Å². The van der Waals surface area contributed by atoms with Gasteiger partial charge in [-0.15, -0.1) is 0 Å². The summed E-state index contributed by atoms with van der Waals surface area (Å²) in [6.07, 6.45) is 0. The lowest BCUT2D eigenvalue weighted by atomic mass is 10.1. The molecule has 0 spiro atoms. The van der Waals surface area contributed by atoms with E-state index in [1.54, 1.807) is 36.4 Å². The molecule has 184 valence electrons. The van der Waals surface area contributed by atoms with E-state index in [4.69, 9.17) is 9.47 Å². The number of anilines is 1. The number of benzene rings is 3. The van der Waals surface area contributed by atoms with Gasteiger partial charge in [-0.05, 0) is 79.6 Å². The minimum atomic E-state index is -4.08. The highest BCUT2D eigenvalue weighted by molar-refractivity contribution is 9.10. The van der Waals surface area contributed by atoms with Gasteiger partial charge in [-0.3, -0.25) is 25.2 Å². The summed E-state index contributed by atoms with van der Waals surface area (Å²) in [5.74, 6) is -0.715. The van der Waals surface area contributed by atoms with Gasteiger partial charge in [-0.1, -0.05) is 22.0 Å². The van der Waals surface area contributed by atoms with Gasteiger partial charge < -0.3 is 9.47 Å². The summed E-state index contributed by atoms with van der Waals surface area (Å²) in [6.45, 7) is 3.51. The Morgan fingerprint density at radius 3 is 2.20 bits per heavy atom. The predicted octanol–water partition coefficient (Wildman–Crippen LogP) is 3.72. The first-order valence-electron chi connectivity index (χ1n) is 10.3. The molecule has 9 nitrogen and oxygen atoms in total. The first-order valence-corrected chi connectivity index (χ1v) is 12.6. The molecule has 0 bridgehead atoms. The Labute approximate surface area is 212 Å². The second kappa shape index (κ2) is 11.2. The van der Waals surface area contributed by atoms with Crippen molar-refractivity contribution in [1.29, 1.82) is 0 Å². The van der Waals surface area contributed by atoms with Crippen molar-refractivity contribution in [3.63, 3.8) is 0 Å². The number of hydrogen-bond donors (Lipinski definition) is 3. The van der Waals surface area contributed by atoms with Crippen molar-refractivity contribution in [2.24, 2.45) is 0 Å². The van der Waals surface area contributed by atoms with Gasteiger partial charge in [0.1, 0.15) is 16.4 Å². The summed E-state index contributed by atoms with van der Waals surface area (Å²) in [5.41, 5.74) is 6.82. The first-order chi connectivity index (χ1) is 16.6. The fourth-order valence-electron chi connectivity index (χ4n) is 3.16. The van der Waals surface area contributed by atoms with Crippen LogP contribution in [0.25, 0.3) is 0 Å². The number of nitrogens with one attached hydrogen (secondary N) is 3. The van der Waals surface area contributed by atoms with Gasteiger partial charge in [0.05, 0.1) is 7.11 Å². The molecular formula is C24H24BrN3O6S. The lowest BCUT2D eigenvalue weighted by Gasteiger charge is -2.14. The van der Waals surface area contributed by atoms with E-state index in [0.717, 1.165) is 21.7 Å². The molecule has 0 saturated carbocycles. The zero-order valence-corrected chi connectivity index (χ0v) is 21.6. The molecular weight excluding hydrogens is 538 g/mol. The molecule has 35 heavy (non-hydrogen) atoms. The maximum absolute atomic E-state index is 13.0. The second-order valence-corrected chi connectivity index (χ2v) is 10.2. The van der Waals surface area contributed by atoms with Crippen molar-refractivity contribution < 1.29 is 27.5 Å². The molecule has 0 aliphatic carbocycles. The highest BCUT2D eigenvalue weighted by Gasteiger charge is 2.22. The molecule has 3 aromatic rings. The molecule has 2 amide bonds. The molecule has 3 aromatic carbocycles. The Morgan fingerprint density at radius 1 is 0.914 bits per heavy atom. The molecule has 0 saturated heterocycles. The third-order valence-electron chi connectivity index (χ3n) is 4.69. The summed E-state index contributed by atoms with van der Waals surface area (Å²) in [5, 5.41) is 0. The van der Waals surface area contributed by atoms with Crippen molar-refractivity contribution in [2.75, 3.05) is 18.4 Å². The largest absolute Gasteiger partial charge is 0.495 e. The molecule has 0 aliphatic heterocycles. The van der Waals surface area contributed by atoms with E-state index in [-0.39, 0.29) is 22.8 Å². The molecule has 0 aliphatic rings. The van der Waals surface area contributed by atoms with Crippen LogP contribution >= 0.6 is 15.9 Å². The number of hydrazine groups is 1. The number of hydrogen-bond acceptors (Lipinski definition) is 6. The van der Waals surface area contributed by atoms with Crippen LogP contribution in [-0.4, -0.2) is 33.9 Å². The smallest absolute Gasteiger partial charge is 0.276 e. The fourth-order valence-corrected chi connectivity index (χ4v) is 4.67. The third kappa shape index (κ3) is 7.20. The maximum Gasteiger partial charge on any atom is 0.276 e. The molecule has 0 atom stereocenters. The van der Waals surface area contributed by atoms with Crippen LogP contribution in [0.15, 0.2) is 70.0 Å². The average Bonchev–Trinajstić information content (AvgIpc) is 2.81. The topological polar surface area (TPSA) is 123 Å². The molecule has 0 aromatic heterocycles. The number of methoxy groups -OCH3 is 1. The van der Waals surface area contributed by atoms with Crippen molar-refractivity contribution >= 4 is 43.5 Å². The molecule has 0 radical (unpaired) electrons. The number of rotatable bonds is 8. The van der Waals surface area contributed by atoms with Crippen LogP contribution in [0.2, 0.25) is 0 Å². The number of aryl methyl sites for hydroxylation is 2. The van der Waals surface area contributed by atoms with Gasteiger partial charge in [0.15, 0.2) is 6.61 Å². The van der Waals surface area contributed by atoms with Crippen molar-refractivity contribution in [3.05, 3.63) is 81.8 Å². The Hall–Kier alpha value is -3.57.